The van der Waals surface area contributed by atoms with E-state index in [1.54, 1.807) is 34.0 Å². The van der Waals surface area contributed by atoms with Gasteiger partial charge in [0.05, 0.1) is 35.8 Å². The van der Waals surface area contributed by atoms with Gasteiger partial charge in [0.25, 0.3) is 0 Å². The standard InChI is InChI=1S/C55H70N6O7/c1-9-47(63)59-21-18-39(31-59)51(65)58(8)48(33(3)4)50(64)44-29-55(44)27-34-22-40(25-41(62)23-34)35-15-16-46-42(26-35)43(28-54(5,6)32-68-52(66)45-12-11-19-61(56-45)53(55)67)49(60(46)10-2)37-13-14-38-30-57(7)20-17-36(38)24-37/h9,13-16,22-26,33,39,44-45,48,50,56,62,64H,1,10-12,17-21,27-32H2,2-8H3/t39-,44?,45-,48-,50?,55?/m0/s1. The first-order valence-corrected chi connectivity index (χ1v) is 24.8. The molecule has 1 saturated carbocycles. The molecule has 5 aliphatic rings. The van der Waals surface area contributed by atoms with E-state index in [4.69, 9.17) is 4.74 Å². The second-order valence-corrected chi connectivity index (χ2v) is 21.7. The SMILES string of the molecule is C=CC(=O)N1CC[C@H](C(=O)N(C)[C@@H](C(C)C)C(O)C2CC23Cc2cc(O)cc(c2)-c2ccc4c(c2)c(c(-c2ccc5c(c2)CCN(C)C5)n4CC)CC(C)(C)COC(=O)[C@@H]2CCCN(N2)C3=O)C1. The lowest BCUT2D eigenvalue weighted by Crippen LogP contribution is -2.58. The quantitative estimate of drug-likeness (QED) is 0.129. The molecule has 3 unspecified atom stereocenters. The van der Waals surface area contributed by atoms with E-state index in [0.717, 1.165) is 59.3 Å². The summed E-state index contributed by atoms with van der Waals surface area (Å²) in [5.41, 5.74) is 11.5. The maximum Gasteiger partial charge on any atom is 0.324 e. The summed E-state index contributed by atoms with van der Waals surface area (Å²) < 4.78 is 8.61. The fourth-order valence-electron chi connectivity index (χ4n) is 12.2. The number of carbonyl (C=O) groups is 4. The fraction of sp³-hybridized carbons (Fsp3) is 0.527. The van der Waals surface area contributed by atoms with E-state index in [9.17, 15) is 24.6 Å². The lowest BCUT2D eigenvalue weighted by Gasteiger charge is -2.39. The summed E-state index contributed by atoms with van der Waals surface area (Å²) in [7, 11) is 3.88. The number of likely N-dealkylation sites (N-methyl/N-ethyl adjacent to an activating group) is 2. The highest BCUT2D eigenvalue weighted by Gasteiger charge is 2.65. The van der Waals surface area contributed by atoms with Crippen molar-refractivity contribution in [2.24, 2.45) is 28.6 Å². The molecule has 68 heavy (non-hydrogen) atoms. The number of carbonyl (C=O) groups excluding carboxylic acids is 4. The van der Waals surface area contributed by atoms with Crippen molar-refractivity contribution < 1.29 is 34.1 Å². The molecular formula is C55H70N6O7. The van der Waals surface area contributed by atoms with Crippen LogP contribution in [0.4, 0.5) is 0 Å². The number of rotatable bonds is 8. The third kappa shape index (κ3) is 8.86. The predicted molar refractivity (Wildman–Crippen MR) is 263 cm³/mol. The van der Waals surface area contributed by atoms with Gasteiger partial charge < -0.3 is 34.2 Å². The maximum atomic E-state index is 15.2. The monoisotopic (exact) mass is 927 g/mol. The summed E-state index contributed by atoms with van der Waals surface area (Å²) in [5, 5.41) is 26.6. The molecule has 3 N–H and O–H groups in total. The number of nitrogens with zero attached hydrogens (tertiary/aromatic N) is 5. The molecule has 4 aliphatic heterocycles. The highest BCUT2D eigenvalue weighted by Crippen LogP contribution is 2.59. The van der Waals surface area contributed by atoms with Crippen LogP contribution in [-0.2, 0) is 56.3 Å². The van der Waals surface area contributed by atoms with Crippen LogP contribution < -0.4 is 5.43 Å². The highest BCUT2D eigenvalue weighted by molar-refractivity contribution is 5.95. The zero-order valence-electron chi connectivity index (χ0n) is 41.0. The molecule has 1 aliphatic carbocycles. The summed E-state index contributed by atoms with van der Waals surface area (Å²) in [5.74, 6) is -2.05. The normalized spacial score (nSPS) is 24.9. The molecule has 13 heteroatoms. The molecule has 2 saturated heterocycles. The number of likely N-dealkylation sites (tertiary alicyclic amines) is 1. The van der Waals surface area contributed by atoms with Gasteiger partial charge in [-0.05, 0) is 140 Å². The number of nitrogens with one attached hydrogen (secondary N) is 1. The van der Waals surface area contributed by atoms with Gasteiger partial charge in [-0.3, -0.25) is 24.2 Å². The largest absolute Gasteiger partial charge is 0.508 e. The number of aromatic nitrogens is 1. The number of fused-ring (bicyclic) bond motifs is 7. The van der Waals surface area contributed by atoms with Gasteiger partial charge in [-0.15, -0.1) is 0 Å². The lowest BCUT2D eigenvalue weighted by molar-refractivity contribution is -0.156. The molecule has 1 aromatic heterocycles. The summed E-state index contributed by atoms with van der Waals surface area (Å²) in [6.45, 7) is 18.0. The van der Waals surface area contributed by atoms with Gasteiger partial charge in [-0.2, -0.15) is 0 Å². The molecule has 6 atom stereocenters. The van der Waals surface area contributed by atoms with Crippen molar-refractivity contribution in [2.45, 2.75) is 111 Å². The Kier molecular flexibility index (Phi) is 12.9. The van der Waals surface area contributed by atoms with Gasteiger partial charge >= 0.3 is 5.97 Å². The van der Waals surface area contributed by atoms with Gasteiger partial charge in [-0.1, -0.05) is 58.5 Å². The van der Waals surface area contributed by atoms with Crippen LogP contribution in [-0.4, -0.2) is 123 Å². The zero-order valence-corrected chi connectivity index (χ0v) is 41.0. The predicted octanol–water partition coefficient (Wildman–Crippen LogP) is 6.74. The smallest absolute Gasteiger partial charge is 0.324 e. The van der Waals surface area contributed by atoms with Crippen LogP contribution in [0.5, 0.6) is 5.75 Å². The van der Waals surface area contributed by atoms with Crippen LogP contribution in [0.25, 0.3) is 33.3 Å². The van der Waals surface area contributed by atoms with Crippen molar-refractivity contribution in [3.63, 3.8) is 0 Å². The van der Waals surface area contributed by atoms with Gasteiger partial charge in [0.1, 0.15) is 11.8 Å². The van der Waals surface area contributed by atoms with Gasteiger partial charge in [0.15, 0.2) is 0 Å². The molecule has 9 rings (SSSR count). The van der Waals surface area contributed by atoms with Crippen molar-refractivity contribution >= 4 is 34.6 Å². The summed E-state index contributed by atoms with van der Waals surface area (Å²) in [4.78, 5) is 61.4. The Morgan fingerprint density at radius 1 is 0.985 bits per heavy atom. The Hall–Kier alpha value is -5.50. The van der Waals surface area contributed by atoms with Crippen LogP contribution in [0.2, 0.25) is 0 Å². The highest BCUT2D eigenvalue weighted by atomic mass is 16.5. The minimum absolute atomic E-state index is 0.0741. The van der Waals surface area contributed by atoms with Crippen molar-refractivity contribution in [2.75, 3.05) is 46.9 Å². The number of esters is 1. The number of phenols is 1. The number of aromatic hydroxyl groups is 1. The Labute approximate surface area is 401 Å². The Morgan fingerprint density at radius 3 is 2.51 bits per heavy atom. The third-order valence-corrected chi connectivity index (χ3v) is 15.8. The molecule has 1 spiro atoms. The first-order valence-electron chi connectivity index (χ1n) is 24.8. The number of benzene rings is 3. The number of amides is 3. The van der Waals surface area contributed by atoms with E-state index in [1.165, 1.54) is 28.3 Å². The molecule has 3 amide bonds. The number of phenolic OH excluding ortho intramolecular Hbond substituents is 1. The molecule has 362 valence electrons. The number of hydrogen-bond donors (Lipinski definition) is 3. The Bertz CT molecular complexity index is 2650. The third-order valence-electron chi connectivity index (χ3n) is 15.8. The van der Waals surface area contributed by atoms with E-state index in [1.807, 2.05) is 13.8 Å². The van der Waals surface area contributed by atoms with Crippen molar-refractivity contribution in [1.29, 1.82) is 0 Å². The first kappa shape index (κ1) is 47.6. The molecule has 3 fully saturated rings. The number of ether oxygens (including phenoxy) is 1. The molecule has 6 bridgehead atoms. The first-order chi connectivity index (χ1) is 32.4. The molecule has 5 heterocycles. The van der Waals surface area contributed by atoms with E-state index in [-0.39, 0.29) is 49.0 Å². The van der Waals surface area contributed by atoms with E-state index >= 15 is 4.79 Å². The van der Waals surface area contributed by atoms with Crippen molar-refractivity contribution in [3.05, 3.63) is 89.5 Å². The number of hydrogen-bond acceptors (Lipinski definition) is 9. The molecule has 0 radical (unpaired) electrons. The average Bonchev–Trinajstić information content (AvgIpc) is 3.67. The number of cyclic esters (lactones) is 1. The molecular weight excluding hydrogens is 857 g/mol. The van der Waals surface area contributed by atoms with E-state index in [0.29, 0.717) is 45.2 Å². The van der Waals surface area contributed by atoms with Crippen LogP contribution >= 0.6 is 0 Å². The van der Waals surface area contributed by atoms with Crippen molar-refractivity contribution in [1.82, 2.24) is 29.7 Å². The van der Waals surface area contributed by atoms with Crippen molar-refractivity contribution in [3.8, 4) is 28.1 Å². The fourth-order valence-corrected chi connectivity index (χ4v) is 12.2. The number of hydrazine groups is 1. The van der Waals surface area contributed by atoms with Crippen LogP contribution in [0.1, 0.15) is 82.6 Å². The number of aliphatic hydroxyl groups is 1. The van der Waals surface area contributed by atoms with E-state index in [2.05, 4.69) is 91.8 Å². The minimum atomic E-state index is -1.11. The van der Waals surface area contributed by atoms with Crippen LogP contribution in [0, 0.1) is 28.6 Å². The average molecular weight is 927 g/mol. The number of aryl methyl sites for hydroxylation is 1. The lowest BCUT2D eigenvalue weighted by atomic mass is 9.83. The Morgan fingerprint density at radius 2 is 1.76 bits per heavy atom. The summed E-state index contributed by atoms with van der Waals surface area (Å²) in [6.07, 6.45) is 3.98. The topological polar surface area (TPSA) is 148 Å². The van der Waals surface area contributed by atoms with Crippen LogP contribution in [0.15, 0.2) is 67.3 Å². The molecule has 13 nitrogen and oxygen atoms in total. The zero-order chi connectivity index (χ0) is 48.4. The van der Waals surface area contributed by atoms with Gasteiger partial charge in [0, 0.05) is 68.6 Å². The number of aliphatic hydroxyl groups excluding tert-OH is 1. The second-order valence-electron chi connectivity index (χ2n) is 21.7. The Balaban J connectivity index is 1.12. The summed E-state index contributed by atoms with van der Waals surface area (Å²) >= 11 is 0. The minimum Gasteiger partial charge on any atom is -0.508 e. The van der Waals surface area contributed by atoms with Gasteiger partial charge in [-0.25, -0.2) is 5.43 Å². The summed E-state index contributed by atoms with van der Waals surface area (Å²) in [6, 6.07) is 17.6. The second kappa shape index (κ2) is 18.4. The molecule has 4 aromatic rings. The van der Waals surface area contributed by atoms with E-state index < -0.39 is 46.8 Å². The van der Waals surface area contributed by atoms with Gasteiger partial charge in [0.2, 0.25) is 17.7 Å². The van der Waals surface area contributed by atoms with Crippen LogP contribution in [0.3, 0.4) is 0 Å². The molecule has 3 aromatic carbocycles. The maximum absolute atomic E-state index is 15.2.